The number of carbonyl (C=O) groups is 2. The minimum Gasteiger partial charge on any atom is -0.484 e. The molecule has 0 saturated carbocycles. The van der Waals surface area contributed by atoms with Gasteiger partial charge in [0.25, 0.3) is 5.91 Å². The van der Waals surface area contributed by atoms with Gasteiger partial charge >= 0.3 is 0 Å². The van der Waals surface area contributed by atoms with Crippen molar-refractivity contribution in [3.8, 4) is 5.75 Å². The number of benzene rings is 3. The summed E-state index contributed by atoms with van der Waals surface area (Å²) in [4.78, 5) is 28.7. The minimum absolute atomic E-state index is 0.162. The van der Waals surface area contributed by atoms with Gasteiger partial charge in [-0.25, -0.2) is 0 Å². The van der Waals surface area contributed by atoms with Crippen LogP contribution in [0.25, 0.3) is 0 Å². The van der Waals surface area contributed by atoms with E-state index in [2.05, 4.69) is 43.8 Å². The third-order valence-corrected chi connectivity index (χ3v) is 6.46. The molecule has 0 aliphatic rings. The molecule has 0 saturated heterocycles. The van der Waals surface area contributed by atoms with E-state index in [1.807, 2.05) is 99.6 Å². The van der Waals surface area contributed by atoms with Crippen molar-refractivity contribution in [3.05, 3.63) is 98.0 Å². The van der Waals surface area contributed by atoms with Crippen LogP contribution >= 0.6 is 38.5 Å². The van der Waals surface area contributed by atoms with Gasteiger partial charge in [-0.05, 0) is 90.9 Å². The first-order valence-electron chi connectivity index (χ1n) is 11.4. The van der Waals surface area contributed by atoms with E-state index in [9.17, 15) is 9.59 Å². The van der Waals surface area contributed by atoms with Crippen molar-refractivity contribution in [3.63, 3.8) is 0 Å². The summed E-state index contributed by atoms with van der Waals surface area (Å²) in [6.45, 7) is 5.93. The van der Waals surface area contributed by atoms with Crippen LogP contribution in [0.5, 0.6) is 5.75 Å². The molecule has 1 N–H and O–H groups in total. The largest absolute Gasteiger partial charge is 0.484 e. The maximum Gasteiger partial charge on any atom is 0.261 e. The summed E-state index contributed by atoms with van der Waals surface area (Å²) < 4.78 is 7.84. The van der Waals surface area contributed by atoms with Gasteiger partial charge in [0.1, 0.15) is 11.8 Å². The van der Waals surface area contributed by atoms with Crippen LogP contribution < -0.4 is 10.1 Å². The smallest absolute Gasteiger partial charge is 0.261 e. The molecule has 3 aromatic rings. The summed E-state index contributed by atoms with van der Waals surface area (Å²) in [5.41, 5.74) is 1.47. The van der Waals surface area contributed by atoms with Crippen molar-refractivity contribution in [2.45, 2.75) is 45.3 Å². The van der Waals surface area contributed by atoms with Crippen LogP contribution in [0.15, 0.2) is 83.3 Å². The van der Waals surface area contributed by atoms with Crippen LogP contribution in [0.2, 0.25) is 0 Å². The number of rotatable bonds is 9. The fraction of sp³-hybridized carbons (Fsp3) is 0.286. The van der Waals surface area contributed by atoms with Crippen LogP contribution in [0.4, 0.5) is 0 Å². The molecule has 184 valence electrons. The fourth-order valence-corrected chi connectivity index (χ4v) is 4.18. The lowest BCUT2D eigenvalue weighted by Gasteiger charge is -2.33. The van der Waals surface area contributed by atoms with Crippen molar-refractivity contribution in [2.24, 2.45) is 0 Å². The van der Waals surface area contributed by atoms with Gasteiger partial charge in [-0.15, -0.1) is 0 Å². The zero-order valence-electron chi connectivity index (χ0n) is 20.1. The Bertz CT molecular complexity index is 1110. The summed E-state index contributed by atoms with van der Waals surface area (Å²) in [6.07, 6.45) is 0.397. The SMILES string of the molecule is CC(C)(C)NC(=O)[C@H](Cc1ccccc1)N(Cc1ccc(Br)cc1)C(=O)COc1ccc(I)cc1. The molecule has 3 rings (SSSR count). The van der Waals surface area contributed by atoms with Crippen LogP contribution in [-0.2, 0) is 22.6 Å². The molecule has 2 amide bonds. The highest BCUT2D eigenvalue weighted by Crippen LogP contribution is 2.19. The number of amides is 2. The van der Waals surface area contributed by atoms with Crippen molar-refractivity contribution in [1.82, 2.24) is 10.2 Å². The number of halogens is 2. The minimum atomic E-state index is -0.701. The normalized spacial score (nSPS) is 12.0. The molecule has 0 radical (unpaired) electrons. The topological polar surface area (TPSA) is 58.6 Å². The lowest BCUT2D eigenvalue weighted by atomic mass is 10.0. The number of ether oxygens (including phenoxy) is 1. The lowest BCUT2D eigenvalue weighted by Crippen LogP contribution is -2.55. The van der Waals surface area contributed by atoms with E-state index in [1.165, 1.54) is 0 Å². The summed E-state index contributed by atoms with van der Waals surface area (Å²) in [5.74, 6) is 0.165. The van der Waals surface area contributed by atoms with Gasteiger partial charge < -0.3 is 15.0 Å². The lowest BCUT2D eigenvalue weighted by molar-refractivity contribution is -0.143. The molecule has 0 aliphatic heterocycles. The molecule has 0 aromatic heterocycles. The highest BCUT2D eigenvalue weighted by Gasteiger charge is 2.32. The fourth-order valence-electron chi connectivity index (χ4n) is 3.55. The highest BCUT2D eigenvalue weighted by molar-refractivity contribution is 14.1. The monoisotopic (exact) mass is 648 g/mol. The van der Waals surface area contributed by atoms with Crippen molar-refractivity contribution in [1.29, 1.82) is 0 Å². The van der Waals surface area contributed by atoms with Gasteiger partial charge in [-0.2, -0.15) is 0 Å². The van der Waals surface area contributed by atoms with Gasteiger partial charge in [0.15, 0.2) is 6.61 Å². The Morgan fingerprint density at radius 2 is 1.57 bits per heavy atom. The first kappa shape index (κ1) is 27.2. The van der Waals surface area contributed by atoms with E-state index in [0.717, 1.165) is 19.2 Å². The zero-order valence-corrected chi connectivity index (χ0v) is 23.9. The Kier molecular flexibility index (Phi) is 9.74. The molecule has 0 bridgehead atoms. The number of nitrogens with zero attached hydrogens (tertiary/aromatic N) is 1. The van der Waals surface area contributed by atoms with Crippen LogP contribution in [-0.4, -0.2) is 34.9 Å². The molecule has 0 aliphatic carbocycles. The summed E-state index contributed by atoms with van der Waals surface area (Å²) in [7, 11) is 0. The van der Waals surface area contributed by atoms with Crippen LogP contribution in [0.1, 0.15) is 31.9 Å². The average molecular weight is 649 g/mol. The molecule has 0 spiro atoms. The van der Waals surface area contributed by atoms with E-state index in [1.54, 1.807) is 4.90 Å². The Balaban J connectivity index is 1.91. The van der Waals surface area contributed by atoms with E-state index in [4.69, 9.17) is 4.74 Å². The second-order valence-electron chi connectivity index (χ2n) is 9.34. The van der Waals surface area contributed by atoms with Crippen molar-refractivity contribution >= 4 is 50.3 Å². The second kappa shape index (κ2) is 12.5. The quantitative estimate of drug-likeness (QED) is 0.290. The summed E-state index contributed by atoms with van der Waals surface area (Å²) in [5, 5.41) is 3.07. The van der Waals surface area contributed by atoms with E-state index in [0.29, 0.717) is 12.2 Å². The van der Waals surface area contributed by atoms with Crippen molar-refractivity contribution < 1.29 is 14.3 Å². The molecule has 3 aromatic carbocycles. The maximum atomic E-state index is 13.6. The second-order valence-corrected chi connectivity index (χ2v) is 11.5. The van der Waals surface area contributed by atoms with E-state index < -0.39 is 11.6 Å². The molecule has 1 atom stereocenters. The first-order chi connectivity index (χ1) is 16.6. The molecular weight excluding hydrogens is 619 g/mol. The highest BCUT2D eigenvalue weighted by atomic mass is 127. The summed E-state index contributed by atoms with van der Waals surface area (Å²) >= 11 is 5.68. The molecule has 0 heterocycles. The molecule has 0 unspecified atom stereocenters. The Morgan fingerprint density at radius 3 is 2.17 bits per heavy atom. The standard InChI is InChI=1S/C28H30BrIN2O3/c1-28(2,3)31-27(34)25(17-20-7-5-4-6-8-20)32(18-21-9-11-22(29)12-10-21)26(33)19-35-24-15-13-23(30)14-16-24/h4-16,25H,17-19H2,1-3H3,(H,31,34)/t25-/m0/s1. The van der Waals surface area contributed by atoms with Gasteiger partial charge in [0, 0.05) is 26.5 Å². The van der Waals surface area contributed by atoms with Crippen LogP contribution in [0, 0.1) is 3.57 Å². The third kappa shape index (κ3) is 8.96. The van der Waals surface area contributed by atoms with Gasteiger partial charge in [0.05, 0.1) is 0 Å². The number of hydrogen-bond donors (Lipinski definition) is 1. The molecular formula is C28H30BrIN2O3. The Morgan fingerprint density at radius 1 is 0.943 bits per heavy atom. The first-order valence-corrected chi connectivity index (χ1v) is 13.3. The predicted octanol–water partition coefficient (Wildman–Crippen LogP) is 5.99. The molecule has 0 fully saturated rings. The number of nitrogens with one attached hydrogen (secondary N) is 1. The molecule has 35 heavy (non-hydrogen) atoms. The van der Waals surface area contributed by atoms with Gasteiger partial charge in [0.2, 0.25) is 5.91 Å². The van der Waals surface area contributed by atoms with Crippen molar-refractivity contribution in [2.75, 3.05) is 6.61 Å². The van der Waals surface area contributed by atoms with E-state index >= 15 is 0 Å². The molecule has 7 heteroatoms. The summed E-state index contributed by atoms with van der Waals surface area (Å²) in [6, 6.07) is 24.3. The third-order valence-electron chi connectivity index (χ3n) is 5.21. The van der Waals surface area contributed by atoms with Gasteiger partial charge in [-0.3, -0.25) is 9.59 Å². The maximum absolute atomic E-state index is 13.6. The van der Waals surface area contributed by atoms with Gasteiger partial charge in [-0.1, -0.05) is 58.4 Å². The zero-order chi connectivity index (χ0) is 25.4. The molecule has 5 nitrogen and oxygen atoms in total. The Hall–Kier alpha value is -2.39. The predicted molar refractivity (Wildman–Crippen MR) is 151 cm³/mol. The average Bonchev–Trinajstić information content (AvgIpc) is 2.81. The van der Waals surface area contributed by atoms with Crippen LogP contribution in [0.3, 0.4) is 0 Å². The Labute approximate surface area is 229 Å². The van der Waals surface area contributed by atoms with E-state index in [-0.39, 0.29) is 25.0 Å². The number of carbonyl (C=O) groups excluding carboxylic acids is 2. The number of hydrogen-bond acceptors (Lipinski definition) is 3.